The number of carboxylic acid groups (broad SMARTS) is 1. The van der Waals surface area contributed by atoms with E-state index in [1.807, 2.05) is 28.8 Å². The van der Waals surface area contributed by atoms with E-state index in [4.69, 9.17) is 4.98 Å². The highest BCUT2D eigenvalue weighted by atomic mass is 16.4. The summed E-state index contributed by atoms with van der Waals surface area (Å²) in [6, 6.07) is 8.83. The summed E-state index contributed by atoms with van der Waals surface area (Å²) in [5, 5.41) is 13.0. The summed E-state index contributed by atoms with van der Waals surface area (Å²) in [4.78, 5) is 35.6. The molecule has 7 atom stereocenters. The minimum Gasteiger partial charge on any atom is -0.480 e. The maximum atomic E-state index is 14.2. The highest BCUT2D eigenvalue weighted by molar-refractivity contribution is 5.83. The molecule has 5 aliphatic rings. The van der Waals surface area contributed by atoms with Crippen LogP contribution in [-0.2, 0) is 4.79 Å². The normalized spacial score (nSPS) is 36.8. The van der Waals surface area contributed by atoms with Crippen molar-refractivity contribution in [2.24, 2.45) is 11.8 Å². The molecule has 1 unspecified atom stereocenters. The largest absolute Gasteiger partial charge is 0.480 e. The zero-order valence-corrected chi connectivity index (χ0v) is 23.2. The van der Waals surface area contributed by atoms with E-state index >= 15 is 0 Å². The van der Waals surface area contributed by atoms with E-state index in [9.17, 15) is 14.7 Å². The topological polar surface area (TPSA) is 90.7 Å². The second kappa shape index (κ2) is 10.2. The molecule has 1 aromatic carbocycles. The van der Waals surface area contributed by atoms with Crippen molar-refractivity contribution in [2.45, 2.75) is 113 Å². The Balaban J connectivity index is 1.22. The van der Waals surface area contributed by atoms with Crippen molar-refractivity contribution in [3.05, 3.63) is 34.6 Å². The fourth-order valence-corrected chi connectivity index (χ4v) is 9.27. The van der Waals surface area contributed by atoms with E-state index in [1.54, 1.807) is 11.9 Å². The highest BCUT2D eigenvalue weighted by Gasteiger charge is 2.47. The smallest absolute Gasteiger partial charge is 0.328 e. The average molecular weight is 534 g/mol. The van der Waals surface area contributed by atoms with Gasteiger partial charge in [0.2, 0.25) is 0 Å². The maximum Gasteiger partial charge on any atom is 0.328 e. The number of benzene rings is 1. The predicted octanol–water partition coefficient (Wildman–Crippen LogP) is 4.17. The molecule has 2 aliphatic carbocycles. The van der Waals surface area contributed by atoms with Crippen LogP contribution in [0.1, 0.15) is 83.1 Å². The van der Waals surface area contributed by atoms with Gasteiger partial charge in [0.15, 0.2) is 5.82 Å². The van der Waals surface area contributed by atoms with Gasteiger partial charge in [-0.05, 0) is 76.0 Å². The Morgan fingerprint density at radius 2 is 1.59 bits per heavy atom. The van der Waals surface area contributed by atoms with Crippen LogP contribution in [-0.4, -0.2) is 69.3 Å². The summed E-state index contributed by atoms with van der Waals surface area (Å²) < 4.78 is 2.01. The van der Waals surface area contributed by atoms with Gasteiger partial charge in [-0.2, -0.15) is 0 Å². The molecule has 39 heavy (non-hydrogen) atoms. The lowest BCUT2D eigenvalue weighted by Gasteiger charge is -2.54. The van der Waals surface area contributed by atoms with Crippen molar-refractivity contribution < 1.29 is 9.90 Å². The summed E-state index contributed by atoms with van der Waals surface area (Å²) in [6.07, 6.45) is 15.6. The van der Waals surface area contributed by atoms with E-state index in [0.29, 0.717) is 24.7 Å². The molecule has 0 radical (unpaired) electrons. The van der Waals surface area contributed by atoms with Gasteiger partial charge in [0, 0.05) is 30.7 Å². The third-order valence-electron chi connectivity index (χ3n) is 10.9. The first kappa shape index (κ1) is 25.5. The first-order chi connectivity index (χ1) is 19.0. The monoisotopic (exact) mass is 533 g/mol. The number of aliphatic carboxylic acids is 1. The molecule has 3 aliphatic heterocycles. The number of hydrogen-bond donors (Lipinski definition) is 2. The highest BCUT2D eigenvalue weighted by Crippen LogP contribution is 2.47. The summed E-state index contributed by atoms with van der Waals surface area (Å²) in [5.41, 5.74) is 1.52. The van der Waals surface area contributed by atoms with Crippen LogP contribution in [0.4, 0.5) is 5.82 Å². The van der Waals surface area contributed by atoms with E-state index in [2.05, 4.69) is 10.2 Å². The number of likely N-dealkylation sites (N-methyl/N-ethyl adjacent to an activating group) is 1. The van der Waals surface area contributed by atoms with Crippen LogP contribution < -0.4 is 15.8 Å². The van der Waals surface area contributed by atoms with Gasteiger partial charge in [-0.3, -0.25) is 9.69 Å². The molecule has 2 saturated carbocycles. The van der Waals surface area contributed by atoms with Crippen molar-refractivity contribution in [2.75, 3.05) is 18.5 Å². The first-order valence-corrected chi connectivity index (χ1v) is 15.5. The molecule has 1 aromatic heterocycles. The van der Waals surface area contributed by atoms with Crippen LogP contribution in [0.5, 0.6) is 0 Å². The molecule has 2 aromatic rings. The summed E-state index contributed by atoms with van der Waals surface area (Å²) in [6.45, 7) is 0.474. The van der Waals surface area contributed by atoms with Crippen molar-refractivity contribution in [3.8, 4) is 0 Å². The van der Waals surface area contributed by atoms with Crippen molar-refractivity contribution in [1.82, 2.24) is 19.8 Å². The quantitative estimate of drug-likeness (QED) is 0.596. The number of fused-ring (bicyclic) bond motifs is 5. The zero-order chi connectivity index (χ0) is 26.7. The molecule has 8 nitrogen and oxygen atoms in total. The summed E-state index contributed by atoms with van der Waals surface area (Å²) in [7, 11) is 1.78. The van der Waals surface area contributed by atoms with E-state index in [1.165, 1.54) is 64.2 Å². The van der Waals surface area contributed by atoms with Crippen LogP contribution in [0.25, 0.3) is 11.0 Å². The van der Waals surface area contributed by atoms with Crippen LogP contribution in [0.2, 0.25) is 0 Å². The molecular formula is C31H43N5O3. The minimum atomic E-state index is -0.919. The number of para-hydroxylation sites is 2. The first-order valence-electron chi connectivity index (χ1n) is 15.5. The molecular weight excluding hydrogens is 490 g/mol. The molecule has 5 fully saturated rings. The Labute approximate surface area is 230 Å². The molecule has 4 heterocycles. The van der Waals surface area contributed by atoms with Crippen LogP contribution in [0.3, 0.4) is 0 Å². The molecule has 3 saturated heterocycles. The molecule has 4 bridgehead atoms. The van der Waals surface area contributed by atoms with Gasteiger partial charge in [-0.25, -0.2) is 9.78 Å². The van der Waals surface area contributed by atoms with Crippen LogP contribution >= 0.6 is 0 Å². The van der Waals surface area contributed by atoms with Crippen LogP contribution in [0, 0.1) is 11.8 Å². The second-order valence-corrected chi connectivity index (χ2v) is 13.1. The van der Waals surface area contributed by atoms with Crippen molar-refractivity contribution in [3.63, 3.8) is 0 Å². The third-order valence-corrected chi connectivity index (χ3v) is 10.9. The molecule has 8 heteroatoms. The number of carbonyl (C=O) groups is 1. The predicted molar refractivity (Wildman–Crippen MR) is 152 cm³/mol. The van der Waals surface area contributed by atoms with E-state index in [-0.39, 0.29) is 23.5 Å². The number of rotatable bonds is 5. The standard InChI is InChI=1S/C31H43N5O3/c1-32-26-18-34(28(26)31(38)39)29-30(37)36(27-12-5-4-11-25(27)33-29)24-16-21-9-6-10-22(17-24)35(21)23-14-19-7-2-3-8-20(13-19)15-23/h4-5,11-12,19-24,26,28,32H,2-3,6-10,13-18H2,1H3,(H,38,39)/t19-,20?,21+,22+,23-,26+,28-/m0/s1. The molecule has 2 N–H and O–H groups in total. The van der Waals surface area contributed by atoms with Crippen molar-refractivity contribution >= 4 is 22.8 Å². The molecule has 7 rings (SSSR count). The summed E-state index contributed by atoms with van der Waals surface area (Å²) >= 11 is 0. The van der Waals surface area contributed by atoms with Crippen LogP contribution in [0.15, 0.2) is 29.1 Å². The van der Waals surface area contributed by atoms with E-state index < -0.39 is 12.0 Å². The molecule has 210 valence electrons. The van der Waals surface area contributed by atoms with Gasteiger partial charge in [-0.15, -0.1) is 0 Å². The van der Waals surface area contributed by atoms with Gasteiger partial charge in [0.05, 0.1) is 17.1 Å². The minimum absolute atomic E-state index is 0.117. The molecule has 0 amide bonds. The Morgan fingerprint density at radius 3 is 2.26 bits per heavy atom. The third kappa shape index (κ3) is 4.38. The maximum absolute atomic E-state index is 14.2. The Morgan fingerprint density at radius 1 is 0.897 bits per heavy atom. The number of anilines is 1. The average Bonchev–Trinajstić information content (AvgIpc) is 3.06. The zero-order valence-electron chi connectivity index (χ0n) is 23.2. The molecule has 0 spiro atoms. The lowest BCUT2D eigenvalue weighted by molar-refractivity contribution is -0.140. The number of nitrogens with one attached hydrogen (secondary N) is 1. The Bertz CT molecular complexity index is 1270. The van der Waals surface area contributed by atoms with Gasteiger partial charge < -0.3 is 19.9 Å². The number of carboxylic acids is 1. The lowest BCUT2D eigenvalue weighted by atomic mass is 9.73. The SMILES string of the molecule is CN[C@@H]1CN(c2nc3ccccc3n(C3C[C@H]4CCC[C@H](C3)N4[C@@H]3CC4CCCC[C@@H](C4)C3)c2=O)[C@@H]1C(=O)O. The number of piperidine rings is 2. The van der Waals surface area contributed by atoms with Gasteiger partial charge in [0.1, 0.15) is 6.04 Å². The number of nitrogens with zero attached hydrogens (tertiary/aromatic N) is 4. The Kier molecular flexibility index (Phi) is 6.66. The fraction of sp³-hybridized carbons (Fsp3) is 0.710. The van der Waals surface area contributed by atoms with E-state index in [0.717, 1.165) is 35.7 Å². The van der Waals surface area contributed by atoms with Gasteiger partial charge in [-0.1, -0.05) is 44.2 Å². The van der Waals surface area contributed by atoms with Gasteiger partial charge in [0.25, 0.3) is 5.56 Å². The Hall–Kier alpha value is -2.45. The second-order valence-electron chi connectivity index (χ2n) is 13.1. The lowest BCUT2D eigenvalue weighted by Crippen LogP contribution is -2.69. The van der Waals surface area contributed by atoms with Crippen molar-refractivity contribution in [1.29, 1.82) is 0 Å². The number of hydrogen-bond acceptors (Lipinski definition) is 6. The summed E-state index contributed by atoms with van der Waals surface area (Å²) in [5.74, 6) is 1.18. The fourth-order valence-electron chi connectivity index (χ4n) is 9.27. The van der Waals surface area contributed by atoms with Gasteiger partial charge >= 0.3 is 5.97 Å². The number of aromatic nitrogens is 2.